The Balaban J connectivity index is 2.05. The highest BCUT2D eigenvalue weighted by Gasteiger charge is 2.10. The predicted octanol–water partition coefficient (Wildman–Crippen LogP) is 5.30. The molecular formula is C22H15NO. The van der Waals surface area contributed by atoms with E-state index in [0.29, 0.717) is 0 Å². The van der Waals surface area contributed by atoms with Crippen LogP contribution in [0.3, 0.4) is 0 Å². The number of nitrogens with one attached hydrogen (secondary N) is 1. The van der Waals surface area contributed by atoms with Gasteiger partial charge in [-0.25, -0.2) is 0 Å². The van der Waals surface area contributed by atoms with Gasteiger partial charge in [0.2, 0.25) is 0 Å². The van der Waals surface area contributed by atoms with Gasteiger partial charge < -0.3 is 4.98 Å². The predicted molar refractivity (Wildman–Crippen MR) is 102 cm³/mol. The Bertz CT molecular complexity index is 1330. The van der Waals surface area contributed by atoms with Crippen LogP contribution in [0.1, 0.15) is 5.56 Å². The van der Waals surface area contributed by atoms with E-state index in [1.807, 2.05) is 43.3 Å². The van der Waals surface area contributed by atoms with Crippen LogP contribution in [0.2, 0.25) is 0 Å². The molecule has 0 aliphatic rings. The molecule has 0 aliphatic heterocycles. The molecule has 24 heavy (non-hydrogen) atoms. The first-order chi connectivity index (χ1) is 11.7. The van der Waals surface area contributed by atoms with Crippen molar-refractivity contribution >= 4 is 43.4 Å². The van der Waals surface area contributed by atoms with E-state index in [1.54, 1.807) is 0 Å². The lowest BCUT2D eigenvalue weighted by molar-refractivity contribution is 1.44. The number of rotatable bonds is 0. The maximum absolute atomic E-state index is 13.2. The Morgan fingerprint density at radius 2 is 1.46 bits per heavy atom. The molecule has 0 unspecified atom stereocenters. The number of aromatic nitrogens is 1. The molecule has 0 saturated heterocycles. The molecule has 1 N–H and O–H groups in total. The minimum atomic E-state index is 0.100. The lowest BCUT2D eigenvalue weighted by atomic mass is 9.98. The summed E-state index contributed by atoms with van der Waals surface area (Å²) in [5.41, 5.74) is 2.97. The summed E-state index contributed by atoms with van der Waals surface area (Å²) in [5, 5.41) is 5.98. The fourth-order valence-electron chi connectivity index (χ4n) is 3.60. The third-order valence-electron chi connectivity index (χ3n) is 4.80. The highest BCUT2D eigenvalue weighted by molar-refractivity contribution is 6.13. The second kappa shape index (κ2) is 4.68. The molecule has 2 nitrogen and oxygen atoms in total. The Kier molecular flexibility index (Phi) is 2.60. The van der Waals surface area contributed by atoms with Crippen LogP contribution in [0.4, 0.5) is 0 Å². The van der Waals surface area contributed by atoms with Crippen molar-refractivity contribution in [2.45, 2.75) is 6.92 Å². The van der Waals surface area contributed by atoms with E-state index in [9.17, 15) is 4.79 Å². The van der Waals surface area contributed by atoms with Crippen LogP contribution in [0.15, 0.2) is 71.5 Å². The zero-order valence-corrected chi connectivity index (χ0v) is 13.3. The van der Waals surface area contributed by atoms with Gasteiger partial charge in [-0.15, -0.1) is 0 Å². The van der Waals surface area contributed by atoms with Crippen molar-refractivity contribution in [3.63, 3.8) is 0 Å². The summed E-state index contributed by atoms with van der Waals surface area (Å²) >= 11 is 0. The van der Waals surface area contributed by atoms with E-state index < -0.39 is 0 Å². The number of aromatic amines is 1. The van der Waals surface area contributed by atoms with Crippen LogP contribution in [-0.4, -0.2) is 4.98 Å². The molecule has 5 aromatic rings. The fraction of sp³-hybridized carbons (Fsp3) is 0.0455. The highest BCUT2D eigenvalue weighted by Crippen LogP contribution is 2.28. The number of H-pyrrole nitrogens is 1. The average molecular weight is 309 g/mol. The van der Waals surface area contributed by atoms with Gasteiger partial charge in [0, 0.05) is 10.9 Å². The van der Waals surface area contributed by atoms with E-state index in [4.69, 9.17) is 0 Å². The third kappa shape index (κ3) is 1.80. The summed E-state index contributed by atoms with van der Waals surface area (Å²) in [6.07, 6.45) is 0. The molecule has 0 atom stereocenters. The minimum absolute atomic E-state index is 0.100. The third-order valence-corrected chi connectivity index (χ3v) is 4.80. The van der Waals surface area contributed by atoms with Gasteiger partial charge in [0.05, 0.1) is 10.9 Å². The molecule has 4 aromatic carbocycles. The first-order valence-corrected chi connectivity index (χ1v) is 8.08. The monoisotopic (exact) mass is 309 g/mol. The van der Waals surface area contributed by atoms with E-state index in [0.717, 1.165) is 43.5 Å². The molecule has 2 heteroatoms. The molecule has 5 rings (SSSR count). The quantitative estimate of drug-likeness (QED) is 0.306. The largest absolute Gasteiger partial charge is 0.354 e. The van der Waals surface area contributed by atoms with Crippen LogP contribution in [0.25, 0.3) is 43.4 Å². The van der Waals surface area contributed by atoms with Crippen molar-refractivity contribution in [3.05, 3.63) is 82.5 Å². The molecule has 0 aliphatic carbocycles. The van der Waals surface area contributed by atoms with Crippen LogP contribution < -0.4 is 5.43 Å². The summed E-state index contributed by atoms with van der Waals surface area (Å²) in [7, 11) is 0. The standard InChI is InChI=1S/C22H15NO/c1-13-6-8-19-18(10-13)22(24)21-17-12-15-5-3-2-4-14(15)11-16(17)7-9-20(21)23-19/h2-12H,1H3,(H,23,24). The van der Waals surface area contributed by atoms with Crippen molar-refractivity contribution in [3.8, 4) is 0 Å². The van der Waals surface area contributed by atoms with Gasteiger partial charge in [-0.1, -0.05) is 42.0 Å². The van der Waals surface area contributed by atoms with Gasteiger partial charge in [0.25, 0.3) is 0 Å². The van der Waals surface area contributed by atoms with Gasteiger partial charge in [-0.3, -0.25) is 4.79 Å². The number of hydrogen-bond donors (Lipinski definition) is 1. The van der Waals surface area contributed by atoms with E-state index in [-0.39, 0.29) is 5.43 Å². The van der Waals surface area contributed by atoms with Gasteiger partial charge in [-0.2, -0.15) is 0 Å². The second-order valence-electron chi connectivity index (χ2n) is 6.41. The summed E-state index contributed by atoms with van der Waals surface area (Å²) in [6.45, 7) is 2.01. The number of pyridine rings is 1. The molecule has 0 radical (unpaired) electrons. The van der Waals surface area contributed by atoms with Crippen LogP contribution >= 0.6 is 0 Å². The number of hydrogen-bond acceptors (Lipinski definition) is 1. The molecule has 1 heterocycles. The molecule has 0 amide bonds. The SMILES string of the molecule is Cc1ccc2[nH]c3ccc4cc5ccccc5cc4c3c(=O)c2c1. The second-order valence-corrected chi connectivity index (χ2v) is 6.41. The minimum Gasteiger partial charge on any atom is -0.354 e. The first-order valence-electron chi connectivity index (χ1n) is 8.08. The number of benzene rings is 4. The summed E-state index contributed by atoms with van der Waals surface area (Å²) in [4.78, 5) is 16.6. The van der Waals surface area contributed by atoms with Crippen LogP contribution in [0, 0.1) is 6.92 Å². The molecular weight excluding hydrogens is 294 g/mol. The summed E-state index contributed by atoms with van der Waals surface area (Å²) in [5.74, 6) is 0. The molecule has 1 aromatic heterocycles. The fourth-order valence-corrected chi connectivity index (χ4v) is 3.60. The smallest absolute Gasteiger partial charge is 0.197 e. The topological polar surface area (TPSA) is 32.9 Å². The van der Waals surface area contributed by atoms with Crippen LogP contribution in [0.5, 0.6) is 0 Å². The molecule has 0 fully saturated rings. The summed E-state index contributed by atoms with van der Waals surface area (Å²) in [6, 6.07) is 22.6. The Morgan fingerprint density at radius 3 is 2.29 bits per heavy atom. The lowest BCUT2D eigenvalue weighted by Gasteiger charge is -2.08. The van der Waals surface area contributed by atoms with Crippen LogP contribution in [-0.2, 0) is 0 Å². The normalized spacial score (nSPS) is 11.7. The zero-order chi connectivity index (χ0) is 16.3. The number of fused-ring (bicyclic) bond motifs is 5. The Morgan fingerprint density at radius 1 is 0.708 bits per heavy atom. The maximum Gasteiger partial charge on any atom is 0.197 e. The zero-order valence-electron chi connectivity index (χ0n) is 13.3. The molecule has 0 spiro atoms. The van der Waals surface area contributed by atoms with Gasteiger partial charge in [0.15, 0.2) is 5.43 Å². The van der Waals surface area contributed by atoms with Crippen molar-refractivity contribution in [1.29, 1.82) is 0 Å². The highest BCUT2D eigenvalue weighted by atomic mass is 16.1. The van der Waals surface area contributed by atoms with Gasteiger partial charge >= 0.3 is 0 Å². The van der Waals surface area contributed by atoms with Crippen molar-refractivity contribution in [2.24, 2.45) is 0 Å². The van der Waals surface area contributed by atoms with E-state index in [1.165, 1.54) is 5.39 Å². The first kappa shape index (κ1) is 13.3. The number of aryl methyl sites for hydroxylation is 1. The van der Waals surface area contributed by atoms with Gasteiger partial charge in [-0.05, 0) is 58.8 Å². The Hall–Kier alpha value is -3.13. The molecule has 0 saturated carbocycles. The van der Waals surface area contributed by atoms with Crippen molar-refractivity contribution in [2.75, 3.05) is 0 Å². The Labute approximate surface area is 138 Å². The van der Waals surface area contributed by atoms with Crippen molar-refractivity contribution < 1.29 is 0 Å². The molecule has 114 valence electrons. The summed E-state index contributed by atoms with van der Waals surface area (Å²) < 4.78 is 0. The van der Waals surface area contributed by atoms with Crippen molar-refractivity contribution in [1.82, 2.24) is 4.98 Å². The lowest BCUT2D eigenvalue weighted by Crippen LogP contribution is -2.05. The van der Waals surface area contributed by atoms with Gasteiger partial charge in [0.1, 0.15) is 0 Å². The average Bonchev–Trinajstić information content (AvgIpc) is 2.60. The van der Waals surface area contributed by atoms with E-state index >= 15 is 0 Å². The van der Waals surface area contributed by atoms with E-state index in [2.05, 4.69) is 35.3 Å². The molecule has 0 bridgehead atoms. The maximum atomic E-state index is 13.2.